The number of nitrogens with one attached hydrogen (secondary N) is 2. The van der Waals surface area contributed by atoms with Gasteiger partial charge in [0.1, 0.15) is 16.5 Å². The molecule has 0 saturated carbocycles. The van der Waals surface area contributed by atoms with Crippen LogP contribution in [0.4, 0.5) is 5.69 Å². The Morgan fingerprint density at radius 3 is 2.73 bits per heavy atom. The Balaban J connectivity index is 2.07. The van der Waals surface area contributed by atoms with Crippen LogP contribution in [0.3, 0.4) is 0 Å². The minimum atomic E-state index is -0.405. The number of ether oxygens (including phenoxy) is 1. The van der Waals surface area contributed by atoms with Gasteiger partial charge in [0.25, 0.3) is 5.91 Å². The van der Waals surface area contributed by atoms with E-state index in [1.807, 2.05) is 6.07 Å². The number of nitrogens with zero attached hydrogens (tertiary/aromatic N) is 2. The molecule has 0 aliphatic carbocycles. The van der Waals surface area contributed by atoms with Crippen molar-refractivity contribution in [1.29, 1.82) is 5.26 Å². The summed E-state index contributed by atoms with van der Waals surface area (Å²) in [4.78, 5) is 17.1. The van der Waals surface area contributed by atoms with Gasteiger partial charge in [-0.15, -0.1) is 0 Å². The monoisotopic (exact) mass is 443 g/mol. The van der Waals surface area contributed by atoms with Gasteiger partial charge in [-0.25, -0.2) is 4.98 Å². The number of fused-ring (bicyclic) bond motifs is 1. The first kappa shape index (κ1) is 21.7. The molecule has 3 rings (SSSR count). The molecule has 0 radical (unpaired) electrons. The van der Waals surface area contributed by atoms with Crippen molar-refractivity contribution in [2.75, 3.05) is 25.5 Å². The summed E-state index contributed by atoms with van der Waals surface area (Å²) in [6, 6.07) is 12.5. The predicted octanol–water partition coefficient (Wildman–Crippen LogP) is 3.72. The summed E-state index contributed by atoms with van der Waals surface area (Å²) in [5.41, 5.74) is 8.02. The molecule has 0 unspecified atom stereocenters. The highest BCUT2D eigenvalue weighted by molar-refractivity contribution is 6.34. The maximum atomic E-state index is 12.8. The van der Waals surface area contributed by atoms with E-state index < -0.39 is 5.91 Å². The van der Waals surface area contributed by atoms with Crippen molar-refractivity contribution in [3.63, 3.8) is 0 Å². The zero-order valence-corrected chi connectivity index (χ0v) is 17.6. The Labute approximate surface area is 183 Å². The number of amides is 1. The summed E-state index contributed by atoms with van der Waals surface area (Å²) in [5, 5.41) is 16.4. The molecule has 0 bridgehead atoms. The number of pyridine rings is 1. The topological polar surface area (TPSA) is 113 Å². The van der Waals surface area contributed by atoms with Crippen LogP contribution in [-0.2, 0) is 6.54 Å². The van der Waals surface area contributed by atoms with Crippen LogP contribution in [0.5, 0.6) is 5.75 Å². The minimum absolute atomic E-state index is 0.0528. The Bertz CT molecular complexity index is 1140. The first-order valence-electron chi connectivity index (χ1n) is 9.06. The third-order valence-corrected chi connectivity index (χ3v) is 4.98. The lowest BCUT2D eigenvalue weighted by Crippen LogP contribution is -2.30. The number of nitrogens with two attached hydrogens (primary N) is 1. The summed E-state index contributed by atoms with van der Waals surface area (Å²) in [6.45, 7) is 0.933. The van der Waals surface area contributed by atoms with Gasteiger partial charge in [-0.05, 0) is 35.9 Å². The fourth-order valence-corrected chi connectivity index (χ4v) is 3.53. The Kier molecular flexibility index (Phi) is 6.95. The van der Waals surface area contributed by atoms with Gasteiger partial charge in [0.15, 0.2) is 0 Å². The number of anilines is 1. The molecule has 9 heteroatoms. The second-order valence-electron chi connectivity index (χ2n) is 6.36. The second kappa shape index (κ2) is 9.63. The lowest BCUT2D eigenvalue weighted by molar-refractivity contribution is 0.0955. The molecule has 0 spiro atoms. The van der Waals surface area contributed by atoms with Crippen LogP contribution in [0.15, 0.2) is 36.4 Å². The van der Waals surface area contributed by atoms with Gasteiger partial charge in [0, 0.05) is 25.0 Å². The van der Waals surface area contributed by atoms with Crippen LogP contribution in [0.1, 0.15) is 21.5 Å². The van der Waals surface area contributed by atoms with Crippen LogP contribution >= 0.6 is 23.2 Å². The maximum absolute atomic E-state index is 12.8. The van der Waals surface area contributed by atoms with Crippen LogP contribution in [0.2, 0.25) is 10.2 Å². The minimum Gasteiger partial charge on any atom is -0.495 e. The predicted molar refractivity (Wildman–Crippen MR) is 118 cm³/mol. The molecule has 1 aromatic heterocycles. The molecule has 3 aromatic rings. The van der Waals surface area contributed by atoms with Gasteiger partial charge in [-0.2, -0.15) is 5.26 Å². The number of carbonyl (C=O) groups excluding carboxylic acids is 1. The van der Waals surface area contributed by atoms with E-state index >= 15 is 0 Å². The Hall–Kier alpha value is -3.05. The number of aromatic nitrogens is 1. The van der Waals surface area contributed by atoms with Gasteiger partial charge < -0.3 is 21.1 Å². The first-order chi connectivity index (χ1) is 14.5. The summed E-state index contributed by atoms with van der Waals surface area (Å²) in [5.74, 6) is 0.163. The van der Waals surface area contributed by atoms with Crippen molar-refractivity contribution >= 4 is 45.7 Å². The molecule has 7 nitrogen and oxygen atoms in total. The SMILES string of the molecule is COc1ccc(CNc2c(C(=O)NCCN)c(Cl)nc3ccc(C#N)cc23)cc1Cl. The highest BCUT2D eigenvalue weighted by atomic mass is 35.5. The van der Waals surface area contributed by atoms with Crippen molar-refractivity contribution in [1.82, 2.24) is 10.3 Å². The molecule has 0 saturated heterocycles. The number of rotatable bonds is 7. The second-order valence-corrected chi connectivity index (χ2v) is 7.13. The molecule has 30 heavy (non-hydrogen) atoms. The third kappa shape index (κ3) is 4.57. The standard InChI is InChI=1S/C21H19Cl2N5O2/c1-30-17-5-3-13(9-15(17)22)11-27-19-14-8-12(10-25)2-4-16(14)28-20(23)18(19)21(29)26-7-6-24/h2-5,8-9H,6-7,11,24H2,1H3,(H,26,29)(H,27,28). The summed E-state index contributed by atoms with van der Waals surface area (Å²) in [7, 11) is 1.54. The van der Waals surface area contributed by atoms with Gasteiger partial charge in [-0.3, -0.25) is 4.79 Å². The van der Waals surface area contributed by atoms with Gasteiger partial charge in [-0.1, -0.05) is 29.3 Å². The van der Waals surface area contributed by atoms with Crippen molar-refractivity contribution < 1.29 is 9.53 Å². The van der Waals surface area contributed by atoms with Crippen LogP contribution < -0.4 is 21.1 Å². The number of hydrogen-bond acceptors (Lipinski definition) is 6. The van der Waals surface area contributed by atoms with Crippen molar-refractivity contribution in [3.8, 4) is 11.8 Å². The van der Waals surface area contributed by atoms with Gasteiger partial charge >= 0.3 is 0 Å². The fraction of sp³-hybridized carbons (Fsp3) is 0.190. The summed E-state index contributed by atoms with van der Waals surface area (Å²) in [6.07, 6.45) is 0. The Morgan fingerprint density at radius 2 is 2.07 bits per heavy atom. The average molecular weight is 444 g/mol. The largest absolute Gasteiger partial charge is 0.495 e. The number of benzene rings is 2. The molecule has 1 heterocycles. The quantitative estimate of drug-likeness (QED) is 0.479. The molecule has 2 aromatic carbocycles. The smallest absolute Gasteiger partial charge is 0.256 e. The highest BCUT2D eigenvalue weighted by Crippen LogP contribution is 2.33. The molecule has 0 fully saturated rings. The molecule has 0 aliphatic heterocycles. The fourth-order valence-electron chi connectivity index (χ4n) is 2.98. The maximum Gasteiger partial charge on any atom is 0.256 e. The van der Waals surface area contributed by atoms with Gasteiger partial charge in [0.05, 0.1) is 35.0 Å². The van der Waals surface area contributed by atoms with E-state index in [0.29, 0.717) is 46.0 Å². The van der Waals surface area contributed by atoms with Gasteiger partial charge in [0.2, 0.25) is 0 Å². The normalized spacial score (nSPS) is 10.5. The molecule has 0 aliphatic rings. The van der Waals surface area contributed by atoms with E-state index in [2.05, 4.69) is 21.7 Å². The molecular formula is C21H19Cl2N5O2. The number of carbonyl (C=O) groups is 1. The van der Waals surface area contributed by atoms with Crippen LogP contribution in [-0.4, -0.2) is 31.1 Å². The molecular weight excluding hydrogens is 425 g/mol. The Morgan fingerprint density at radius 1 is 1.27 bits per heavy atom. The summed E-state index contributed by atoms with van der Waals surface area (Å²) >= 11 is 12.6. The van der Waals surface area contributed by atoms with Crippen molar-refractivity contribution in [3.05, 3.63) is 63.3 Å². The highest BCUT2D eigenvalue weighted by Gasteiger charge is 2.20. The number of nitriles is 1. The van der Waals surface area contributed by atoms with Crippen LogP contribution in [0, 0.1) is 11.3 Å². The van der Waals surface area contributed by atoms with E-state index in [9.17, 15) is 10.1 Å². The number of halogens is 2. The molecule has 0 atom stereocenters. The van der Waals surface area contributed by atoms with E-state index in [4.69, 9.17) is 33.7 Å². The van der Waals surface area contributed by atoms with Crippen LogP contribution in [0.25, 0.3) is 10.9 Å². The van der Waals surface area contributed by atoms with E-state index in [-0.39, 0.29) is 17.3 Å². The third-order valence-electron chi connectivity index (χ3n) is 4.41. The van der Waals surface area contributed by atoms with Crippen molar-refractivity contribution in [2.24, 2.45) is 5.73 Å². The lowest BCUT2D eigenvalue weighted by Gasteiger charge is -2.17. The van der Waals surface area contributed by atoms with E-state index in [1.54, 1.807) is 37.4 Å². The molecule has 1 amide bonds. The molecule has 154 valence electrons. The molecule has 4 N–H and O–H groups in total. The number of methoxy groups -OCH3 is 1. The number of hydrogen-bond donors (Lipinski definition) is 3. The van der Waals surface area contributed by atoms with E-state index in [1.165, 1.54) is 0 Å². The summed E-state index contributed by atoms with van der Waals surface area (Å²) < 4.78 is 5.18. The zero-order valence-electron chi connectivity index (χ0n) is 16.1. The van der Waals surface area contributed by atoms with Crippen molar-refractivity contribution in [2.45, 2.75) is 6.54 Å². The van der Waals surface area contributed by atoms with E-state index in [0.717, 1.165) is 5.56 Å². The zero-order chi connectivity index (χ0) is 21.7. The lowest BCUT2D eigenvalue weighted by atomic mass is 10.1. The first-order valence-corrected chi connectivity index (χ1v) is 9.82. The average Bonchev–Trinajstić information content (AvgIpc) is 2.75.